The molecule has 2 heterocycles. The normalized spacial score (nSPS) is 24.3. The Hall–Kier alpha value is -2.17. The number of nitrogens with zero attached hydrogens (tertiary/aromatic N) is 1. The van der Waals surface area contributed by atoms with Crippen molar-refractivity contribution < 1.29 is 23.1 Å². The van der Waals surface area contributed by atoms with E-state index in [-0.39, 0.29) is 23.8 Å². The zero-order valence-corrected chi connectivity index (χ0v) is 19.5. The second kappa shape index (κ2) is 10.2. The van der Waals surface area contributed by atoms with Crippen LogP contribution < -0.4 is 15.8 Å². The number of amides is 1. The molecule has 178 valence electrons. The van der Waals surface area contributed by atoms with Crippen molar-refractivity contribution in [2.75, 3.05) is 25.0 Å². The average Bonchev–Trinajstić information content (AvgIpc) is 2.75. The number of carbonyl (C=O) groups is 2. The Morgan fingerprint density at radius 3 is 2.75 bits per heavy atom. The van der Waals surface area contributed by atoms with E-state index >= 15 is 0 Å². The maximum atomic E-state index is 13.3. The summed E-state index contributed by atoms with van der Waals surface area (Å²) < 4.78 is 29.3. The van der Waals surface area contributed by atoms with Gasteiger partial charge in [-0.25, -0.2) is 13.2 Å². The summed E-state index contributed by atoms with van der Waals surface area (Å²) in [7, 11) is -4.03. The van der Waals surface area contributed by atoms with Crippen LogP contribution in [0.3, 0.4) is 0 Å². The first-order valence-corrected chi connectivity index (χ1v) is 12.7. The van der Waals surface area contributed by atoms with Crippen molar-refractivity contribution in [1.82, 2.24) is 9.62 Å². The summed E-state index contributed by atoms with van der Waals surface area (Å²) in [5, 5.41) is 12.8. The Kier molecular flexibility index (Phi) is 7.79. The number of piperidine rings is 1. The van der Waals surface area contributed by atoms with Crippen LogP contribution in [0.4, 0.5) is 5.69 Å². The summed E-state index contributed by atoms with van der Waals surface area (Å²) in [5.41, 5.74) is 7.11. The van der Waals surface area contributed by atoms with E-state index in [2.05, 4.69) is 17.0 Å². The largest absolute Gasteiger partial charge is 0.480 e. The first-order chi connectivity index (χ1) is 15.1. The van der Waals surface area contributed by atoms with Crippen molar-refractivity contribution in [1.29, 1.82) is 0 Å². The summed E-state index contributed by atoms with van der Waals surface area (Å²) in [5.74, 6) is -1.00. The van der Waals surface area contributed by atoms with Crippen LogP contribution in [0.25, 0.3) is 0 Å². The van der Waals surface area contributed by atoms with Gasteiger partial charge in [-0.3, -0.25) is 4.79 Å². The van der Waals surface area contributed by atoms with Gasteiger partial charge in [-0.1, -0.05) is 26.0 Å². The van der Waals surface area contributed by atoms with Crippen molar-refractivity contribution in [3.63, 3.8) is 0 Å². The van der Waals surface area contributed by atoms with Crippen molar-refractivity contribution in [2.24, 2.45) is 17.6 Å². The molecule has 1 aromatic carbocycles. The molecule has 32 heavy (non-hydrogen) atoms. The third-order valence-electron chi connectivity index (χ3n) is 6.32. The molecule has 2 unspecified atom stereocenters. The zero-order chi connectivity index (χ0) is 23.5. The predicted molar refractivity (Wildman–Crippen MR) is 122 cm³/mol. The van der Waals surface area contributed by atoms with Crippen LogP contribution in [0.15, 0.2) is 23.1 Å². The van der Waals surface area contributed by atoms with Gasteiger partial charge in [0.2, 0.25) is 15.9 Å². The smallest absolute Gasteiger partial charge is 0.326 e. The van der Waals surface area contributed by atoms with E-state index < -0.39 is 34.0 Å². The van der Waals surface area contributed by atoms with Crippen LogP contribution in [-0.2, 0) is 26.0 Å². The molecule has 1 fully saturated rings. The van der Waals surface area contributed by atoms with E-state index in [1.165, 1.54) is 11.0 Å². The molecule has 0 saturated carbocycles. The minimum Gasteiger partial charge on any atom is -0.480 e. The van der Waals surface area contributed by atoms with Gasteiger partial charge in [0.15, 0.2) is 0 Å². The second-order valence-corrected chi connectivity index (χ2v) is 10.8. The molecule has 3 rings (SSSR count). The van der Waals surface area contributed by atoms with Crippen molar-refractivity contribution in [3.8, 4) is 0 Å². The molecule has 0 bridgehead atoms. The highest BCUT2D eigenvalue weighted by atomic mass is 32.2. The molecule has 1 aromatic rings. The Labute approximate surface area is 189 Å². The first kappa shape index (κ1) is 24.5. The topological polar surface area (TPSA) is 142 Å². The number of carbonyl (C=O) groups excluding carboxylic acids is 1. The van der Waals surface area contributed by atoms with Gasteiger partial charge in [-0.05, 0) is 62.1 Å². The maximum Gasteiger partial charge on any atom is 0.326 e. The molecule has 0 aromatic heterocycles. The van der Waals surface area contributed by atoms with Gasteiger partial charge in [0, 0.05) is 13.1 Å². The van der Waals surface area contributed by atoms with Crippen LogP contribution in [-0.4, -0.2) is 62.0 Å². The molecule has 4 atom stereocenters. The number of hydrogen-bond acceptors (Lipinski definition) is 6. The predicted octanol–water partition coefficient (Wildman–Crippen LogP) is 1.39. The molecule has 0 spiro atoms. The van der Waals surface area contributed by atoms with Crippen LogP contribution in [0, 0.1) is 11.8 Å². The molecule has 10 heteroatoms. The van der Waals surface area contributed by atoms with Crippen molar-refractivity contribution in [2.45, 2.75) is 62.9 Å². The number of hydrogen-bond donors (Lipinski definition) is 4. The van der Waals surface area contributed by atoms with E-state index in [4.69, 9.17) is 5.73 Å². The minimum absolute atomic E-state index is 0.106. The minimum atomic E-state index is -4.03. The van der Waals surface area contributed by atoms with Gasteiger partial charge >= 0.3 is 5.97 Å². The Morgan fingerprint density at radius 2 is 2.06 bits per heavy atom. The lowest BCUT2D eigenvalue weighted by Crippen LogP contribution is -2.56. The van der Waals surface area contributed by atoms with E-state index in [1.807, 2.05) is 13.0 Å². The Morgan fingerprint density at radius 1 is 1.31 bits per heavy atom. The summed E-state index contributed by atoms with van der Waals surface area (Å²) in [6.07, 6.45) is 2.44. The second-order valence-electron chi connectivity index (χ2n) is 9.10. The van der Waals surface area contributed by atoms with Crippen molar-refractivity contribution in [3.05, 3.63) is 23.8 Å². The van der Waals surface area contributed by atoms with Gasteiger partial charge in [0.05, 0.1) is 5.69 Å². The average molecular weight is 467 g/mol. The summed E-state index contributed by atoms with van der Waals surface area (Å²) in [6.45, 7) is 5.30. The fourth-order valence-corrected chi connectivity index (χ4v) is 5.99. The molecule has 9 nitrogen and oxygen atoms in total. The highest BCUT2D eigenvalue weighted by Crippen LogP contribution is 2.31. The number of para-hydroxylation sites is 1. The Bertz CT molecular complexity index is 952. The fraction of sp³-hybridized carbons (Fsp3) is 0.636. The molecule has 2 aliphatic heterocycles. The quantitative estimate of drug-likeness (QED) is 0.453. The highest BCUT2D eigenvalue weighted by molar-refractivity contribution is 7.89. The third kappa shape index (κ3) is 5.41. The van der Waals surface area contributed by atoms with Crippen LogP contribution in [0.5, 0.6) is 0 Å². The van der Waals surface area contributed by atoms with Crippen LogP contribution in [0.1, 0.15) is 45.1 Å². The number of nitrogens with one attached hydrogen (secondary N) is 2. The summed E-state index contributed by atoms with van der Waals surface area (Å²) in [4.78, 5) is 26.5. The maximum absolute atomic E-state index is 13.3. The van der Waals surface area contributed by atoms with E-state index in [0.29, 0.717) is 44.0 Å². The number of rotatable bonds is 8. The number of sulfonamides is 1. The molecule has 2 aliphatic rings. The monoisotopic (exact) mass is 466 g/mol. The SMILES string of the molecule is CC1CNc2c(cccc2S(=O)(=O)NC(CCCN)C(=O)N2CC[C@@H](C)C[C@@H]2C(=O)O)C1. The van der Waals surface area contributed by atoms with Gasteiger partial charge in [0.1, 0.15) is 17.0 Å². The molecule has 5 N–H and O–H groups in total. The molecular formula is C22H34N4O5S. The Balaban J connectivity index is 1.88. The van der Waals surface area contributed by atoms with Crippen molar-refractivity contribution >= 4 is 27.6 Å². The van der Waals surface area contributed by atoms with Gasteiger partial charge in [0.25, 0.3) is 0 Å². The lowest BCUT2D eigenvalue weighted by Gasteiger charge is -2.38. The number of aliphatic carboxylic acids is 1. The lowest BCUT2D eigenvalue weighted by molar-refractivity contribution is -0.153. The lowest BCUT2D eigenvalue weighted by atomic mass is 9.91. The molecule has 0 aliphatic carbocycles. The summed E-state index contributed by atoms with van der Waals surface area (Å²) in [6, 6.07) is 3.11. The molecular weight excluding hydrogens is 432 g/mol. The van der Waals surface area contributed by atoms with Crippen LogP contribution >= 0.6 is 0 Å². The first-order valence-electron chi connectivity index (χ1n) is 11.3. The van der Waals surface area contributed by atoms with Crippen LogP contribution in [0.2, 0.25) is 0 Å². The van der Waals surface area contributed by atoms with Gasteiger partial charge in [-0.2, -0.15) is 4.72 Å². The number of likely N-dealkylation sites (tertiary alicyclic amines) is 1. The number of fused-ring (bicyclic) bond motifs is 1. The number of carboxylic acids is 1. The molecule has 1 saturated heterocycles. The fourth-order valence-electron chi connectivity index (χ4n) is 4.54. The van der Waals surface area contributed by atoms with E-state index in [0.717, 1.165) is 12.0 Å². The molecule has 1 amide bonds. The number of anilines is 1. The number of nitrogens with two attached hydrogens (primary N) is 1. The zero-order valence-electron chi connectivity index (χ0n) is 18.7. The van der Waals surface area contributed by atoms with Gasteiger partial charge in [-0.15, -0.1) is 0 Å². The van der Waals surface area contributed by atoms with E-state index in [1.54, 1.807) is 6.07 Å². The number of carboxylic acid groups (broad SMARTS) is 1. The third-order valence-corrected chi connectivity index (χ3v) is 7.84. The number of benzene rings is 1. The van der Waals surface area contributed by atoms with Gasteiger partial charge < -0.3 is 21.1 Å². The van der Waals surface area contributed by atoms with E-state index in [9.17, 15) is 23.1 Å². The highest BCUT2D eigenvalue weighted by Gasteiger charge is 2.39. The molecule has 0 radical (unpaired) electrons. The standard InChI is InChI=1S/C22H34N4O5S/c1-14-8-10-26(18(12-14)22(28)29)21(27)17(6-4-9-23)25-32(30,31)19-7-3-5-16-11-15(2)13-24-20(16)19/h3,5,7,14-15,17-18,24-25H,4,6,8-13,23H2,1-2H3,(H,28,29)/t14-,15?,17?,18-/m1/s1. The summed E-state index contributed by atoms with van der Waals surface area (Å²) >= 11 is 0.